The number of benzene rings is 2. The minimum Gasteiger partial charge on any atom is -0.497 e. The summed E-state index contributed by atoms with van der Waals surface area (Å²) < 4.78 is 198. The molecule has 14 heteroatoms. The van der Waals surface area contributed by atoms with Gasteiger partial charge in [0.25, 0.3) is 0 Å². The highest BCUT2D eigenvalue weighted by Crippen LogP contribution is 2.33. The van der Waals surface area contributed by atoms with Crippen molar-refractivity contribution in [3.63, 3.8) is 0 Å². The van der Waals surface area contributed by atoms with Crippen LogP contribution in [0.4, 0.5) is 13.6 Å². The maximum Gasteiger partial charge on any atom is 0.407 e. The lowest BCUT2D eigenvalue weighted by Gasteiger charge is -2.31. The SMILES string of the molecule is [2H]C([2H])([2H])Oc1ccc(C[C@H](NC(=O)O[C@]2([2H])[C@@H]3CCO[C@@H]3OC2([2H])[2H])[C@H](O)CN(C([2H])([2H])C([2H])(C([2H])([2H])[2H])C([2H])([2H])[2H])S(=O)(=O)c2ccc(OC(F)F)cc2)cc1. The Morgan fingerprint density at radius 3 is 2.63 bits per heavy atom. The fourth-order valence-corrected chi connectivity index (χ4v) is 5.58. The molecule has 0 bridgehead atoms. The van der Waals surface area contributed by atoms with Gasteiger partial charge in [-0.2, -0.15) is 13.1 Å². The fourth-order valence-electron chi connectivity index (χ4n) is 4.28. The van der Waals surface area contributed by atoms with Crippen molar-refractivity contribution in [2.45, 2.75) is 62.6 Å². The minimum absolute atomic E-state index is 0.0106. The number of hydrogen-bond acceptors (Lipinski definition) is 9. The van der Waals surface area contributed by atoms with Crippen LogP contribution in [-0.2, 0) is 30.7 Å². The number of ether oxygens (including phenoxy) is 5. The molecule has 2 aromatic rings. The first kappa shape index (κ1) is 18.1. The molecular formula is C29H38F2N2O9S. The Bertz CT molecular complexity index is 1860. The summed E-state index contributed by atoms with van der Waals surface area (Å²) in [5.74, 6) is -6.21. The van der Waals surface area contributed by atoms with Crippen LogP contribution in [0.3, 0.4) is 0 Å². The second-order valence-corrected chi connectivity index (χ2v) is 11.1. The van der Waals surface area contributed by atoms with E-state index in [9.17, 15) is 27.1 Å². The van der Waals surface area contributed by atoms with Crippen LogP contribution in [0.2, 0.25) is 0 Å². The molecule has 2 heterocycles. The van der Waals surface area contributed by atoms with E-state index in [4.69, 9.17) is 39.5 Å². The Balaban J connectivity index is 1.81. The smallest absolute Gasteiger partial charge is 0.407 e. The van der Waals surface area contributed by atoms with E-state index in [0.29, 0.717) is 24.3 Å². The lowest BCUT2D eigenvalue weighted by Crippen LogP contribution is -2.51. The zero-order valence-electron chi connectivity index (χ0n) is 37.2. The highest BCUT2D eigenvalue weighted by Gasteiger charge is 2.44. The third-order valence-corrected chi connectivity index (χ3v) is 8.03. The van der Waals surface area contributed by atoms with Gasteiger partial charge in [-0.1, -0.05) is 25.8 Å². The number of carbonyl (C=O) groups is 1. The number of alkyl carbamates (subject to hydrolysis) is 1. The van der Waals surface area contributed by atoms with Gasteiger partial charge in [-0.3, -0.25) is 0 Å². The van der Waals surface area contributed by atoms with Crippen LogP contribution in [0.25, 0.3) is 0 Å². The Kier molecular flexibility index (Phi) is 6.14. The number of carbonyl (C=O) groups excluding carboxylic acids is 1. The number of sulfonamides is 1. The maximum absolute atomic E-state index is 14.2. The number of methoxy groups -OCH3 is 1. The van der Waals surface area contributed by atoms with E-state index in [1.165, 1.54) is 12.1 Å². The molecule has 4 rings (SSSR count). The van der Waals surface area contributed by atoms with Crippen LogP contribution in [0.15, 0.2) is 53.4 Å². The normalized spacial score (nSPS) is 31.0. The summed E-state index contributed by atoms with van der Waals surface area (Å²) in [5, 5.41) is 13.9. The monoisotopic (exact) mass is 643 g/mol. The molecule has 2 fully saturated rings. The molecule has 11 nitrogen and oxygen atoms in total. The zero-order chi connectivity index (χ0) is 44.1. The van der Waals surface area contributed by atoms with Crippen LogP contribution in [-0.4, -0.2) is 88.3 Å². The summed E-state index contributed by atoms with van der Waals surface area (Å²) in [5.41, 5.74) is 0.124. The minimum atomic E-state index is -5.60. The number of nitrogens with one attached hydrogen (secondary N) is 1. The van der Waals surface area contributed by atoms with E-state index >= 15 is 0 Å². The van der Waals surface area contributed by atoms with Gasteiger partial charge >= 0.3 is 12.7 Å². The molecule has 2 aliphatic heterocycles. The lowest BCUT2D eigenvalue weighted by atomic mass is 10.0. The number of fused-ring (bicyclic) bond motifs is 1. The van der Waals surface area contributed by atoms with Gasteiger partial charge in [0.2, 0.25) is 10.0 Å². The molecule has 2 saturated heterocycles. The van der Waals surface area contributed by atoms with Crippen molar-refractivity contribution in [3.8, 4) is 11.5 Å². The van der Waals surface area contributed by atoms with Crippen molar-refractivity contribution in [1.29, 1.82) is 0 Å². The lowest BCUT2D eigenvalue weighted by molar-refractivity contribution is -0.0907. The number of aliphatic hydroxyl groups excluding tert-OH is 1. The van der Waals surface area contributed by atoms with Gasteiger partial charge in [0.1, 0.15) is 17.6 Å². The topological polar surface area (TPSA) is 133 Å². The first-order chi connectivity index (χ1) is 26.3. The molecule has 5 atom stereocenters. The van der Waals surface area contributed by atoms with Crippen molar-refractivity contribution in [2.75, 3.05) is 33.2 Å². The van der Waals surface area contributed by atoms with E-state index in [-0.39, 0.29) is 24.3 Å². The summed E-state index contributed by atoms with van der Waals surface area (Å²) >= 11 is 0. The predicted molar refractivity (Wildman–Crippen MR) is 150 cm³/mol. The molecule has 0 unspecified atom stereocenters. The van der Waals surface area contributed by atoms with Crippen LogP contribution in [0, 0.1) is 11.8 Å². The molecular weight excluding hydrogens is 590 g/mol. The summed E-state index contributed by atoms with van der Waals surface area (Å²) in [6.45, 7) is -20.5. The van der Waals surface area contributed by atoms with Crippen molar-refractivity contribution in [2.24, 2.45) is 11.8 Å². The number of nitrogens with zero attached hydrogens (tertiary/aromatic N) is 1. The Morgan fingerprint density at radius 1 is 1.23 bits per heavy atom. The summed E-state index contributed by atoms with van der Waals surface area (Å²) in [6, 6.07) is 5.53. The number of halogens is 2. The Morgan fingerprint density at radius 2 is 1.95 bits per heavy atom. The Labute approximate surface area is 271 Å². The quantitative estimate of drug-likeness (QED) is 0.318. The van der Waals surface area contributed by atoms with E-state index in [2.05, 4.69) is 10.1 Å². The van der Waals surface area contributed by atoms with Gasteiger partial charge in [-0.25, -0.2) is 13.2 Å². The third kappa shape index (κ3) is 8.76. The number of aliphatic hydroxyl groups is 1. The summed E-state index contributed by atoms with van der Waals surface area (Å²) in [4.78, 5) is 12.5. The molecule has 0 aliphatic carbocycles. The number of amides is 1. The fraction of sp³-hybridized carbons (Fsp3) is 0.552. The van der Waals surface area contributed by atoms with Crippen molar-refractivity contribution in [1.82, 2.24) is 9.62 Å². The zero-order valence-corrected chi connectivity index (χ0v) is 23.0. The van der Waals surface area contributed by atoms with Crippen molar-refractivity contribution >= 4 is 16.1 Å². The molecule has 0 aromatic heterocycles. The molecule has 2 aromatic carbocycles. The van der Waals surface area contributed by atoms with Crippen LogP contribution < -0.4 is 14.8 Å². The molecule has 0 radical (unpaired) electrons. The van der Waals surface area contributed by atoms with Crippen LogP contribution in [0.5, 0.6) is 11.5 Å². The van der Waals surface area contributed by atoms with Gasteiger partial charge in [0.15, 0.2) is 6.29 Å². The first-order valence-corrected chi connectivity index (χ1v) is 14.0. The van der Waals surface area contributed by atoms with Gasteiger partial charge in [-0.05, 0) is 60.7 Å². The number of alkyl halides is 2. The second kappa shape index (κ2) is 14.6. The highest BCUT2D eigenvalue weighted by molar-refractivity contribution is 7.89. The molecule has 0 spiro atoms. The molecule has 0 saturated carbocycles. The average molecular weight is 644 g/mol. The van der Waals surface area contributed by atoms with E-state index < -0.39 is 121 Å². The Hall–Kier alpha value is -3.04. The number of hydrogen-bond donors (Lipinski definition) is 2. The van der Waals surface area contributed by atoms with Gasteiger partial charge < -0.3 is 34.1 Å². The largest absolute Gasteiger partial charge is 0.497 e. The predicted octanol–water partition coefficient (Wildman–Crippen LogP) is 3.40. The van der Waals surface area contributed by atoms with E-state index in [1.807, 2.05) is 0 Å². The van der Waals surface area contributed by atoms with Crippen molar-refractivity contribution in [3.05, 3.63) is 54.1 Å². The van der Waals surface area contributed by atoms with Gasteiger partial charge in [-0.15, -0.1) is 0 Å². The van der Waals surface area contributed by atoms with Crippen molar-refractivity contribution < 1.29 is 71.3 Å². The molecule has 2 aliphatic rings. The maximum atomic E-state index is 14.2. The van der Waals surface area contributed by atoms with E-state index in [1.54, 1.807) is 0 Å². The van der Waals surface area contributed by atoms with Gasteiger partial charge in [0, 0.05) is 25.4 Å². The van der Waals surface area contributed by atoms with E-state index in [0.717, 1.165) is 12.1 Å². The average Bonchev–Trinajstić information content (AvgIpc) is 3.59. The summed E-state index contributed by atoms with van der Waals surface area (Å²) in [6.07, 6.45) is -8.66. The molecule has 1 amide bonds. The second-order valence-electron chi connectivity index (χ2n) is 9.25. The molecule has 2 N–H and O–H groups in total. The van der Waals surface area contributed by atoms with Crippen LogP contribution in [0.1, 0.15) is 46.2 Å². The van der Waals surface area contributed by atoms with Gasteiger partial charge in [0.05, 0.1) is 51.4 Å². The molecule has 43 heavy (non-hydrogen) atoms. The standard InChI is InChI=1S/C29H38F2N2O9S/c1-18(2)15-33(43(36,37)22-10-8-21(9-11-22)41-28(30)31)16-25(34)24(14-19-4-6-20(38-3)7-5-19)32-29(35)42-26-17-40-27-23(26)12-13-39-27/h4-11,18,23-28,34H,12-17H2,1-3H3,(H,32,35)/t23-,24-,25+,26-,27+/m0/s1/i1D3,2D3,3D3,15D2,17D2,18D,26D. The first-order valence-electron chi connectivity index (χ1n) is 20.1. The highest BCUT2D eigenvalue weighted by atomic mass is 32.2. The summed E-state index contributed by atoms with van der Waals surface area (Å²) in [7, 11) is -8.47. The molecule has 238 valence electrons. The van der Waals surface area contributed by atoms with Crippen LogP contribution >= 0.6 is 0 Å². The third-order valence-electron chi connectivity index (χ3n) is 6.35. The number of rotatable bonds is 14.